The van der Waals surface area contributed by atoms with Crippen molar-refractivity contribution in [3.63, 3.8) is 0 Å². The van der Waals surface area contributed by atoms with Gasteiger partial charge in [0.15, 0.2) is 0 Å². The van der Waals surface area contributed by atoms with Gasteiger partial charge in [-0.05, 0) is 91.1 Å². The van der Waals surface area contributed by atoms with Crippen LogP contribution in [-0.2, 0) is 32.6 Å². The molecule has 0 bridgehead atoms. The minimum atomic E-state index is -4.22. The van der Waals surface area contributed by atoms with Crippen LogP contribution in [0.5, 0.6) is 5.75 Å². The number of rotatable bonds is 14. The third-order valence-electron chi connectivity index (χ3n) is 7.77. The van der Waals surface area contributed by atoms with Gasteiger partial charge in [0, 0.05) is 24.5 Å². The lowest BCUT2D eigenvalue weighted by Crippen LogP contribution is -2.53. The topological polar surface area (TPSA) is 96.0 Å². The number of nitrogens with zero attached hydrogens (tertiary/aromatic N) is 2. The Labute approximate surface area is 277 Å². The van der Waals surface area contributed by atoms with E-state index in [2.05, 4.69) is 5.32 Å². The first-order valence-electron chi connectivity index (χ1n) is 15.1. The van der Waals surface area contributed by atoms with Crippen LogP contribution in [0, 0.1) is 13.8 Å². The van der Waals surface area contributed by atoms with Crippen LogP contribution in [-0.4, -0.2) is 51.4 Å². The average Bonchev–Trinajstić information content (AvgIpc) is 3.06. The molecular weight excluding hydrogens is 622 g/mol. The number of hydrogen-bond acceptors (Lipinski definition) is 5. The number of benzene rings is 4. The van der Waals surface area contributed by atoms with Gasteiger partial charge in [-0.1, -0.05) is 67.1 Å². The summed E-state index contributed by atoms with van der Waals surface area (Å²) in [5, 5.41) is 3.34. The summed E-state index contributed by atoms with van der Waals surface area (Å²) in [6, 6.07) is 26.9. The highest BCUT2D eigenvalue weighted by molar-refractivity contribution is 7.92. The summed E-state index contributed by atoms with van der Waals surface area (Å²) in [4.78, 5) is 29.8. The molecule has 0 spiro atoms. The minimum Gasteiger partial charge on any atom is -0.497 e. The predicted octanol–water partition coefficient (Wildman–Crippen LogP) is 6.33. The molecule has 0 saturated heterocycles. The molecule has 46 heavy (non-hydrogen) atoms. The molecule has 1 N–H and O–H groups in total. The van der Waals surface area contributed by atoms with Gasteiger partial charge in [-0.15, -0.1) is 0 Å². The molecule has 0 heterocycles. The second kappa shape index (κ2) is 15.8. The highest BCUT2D eigenvalue weighted by atomic mass is 35.5. The zero-order valence-electron chi connectivity index (χ0n) is 26.6. The van der Waals surface area contributed by atoms with Gasteiger partial charge in [0.25, 0.3) is 10.0 Å². The second-order valence-corrected chi connectivity index (χ2v) is 13.4. The maximum atomic E-state index is 14.6. The van der Waals surface area contributed by atoms with E-state index in [-0.39, 0.29) is 23.8 Å². The van der Waals surface area contributed by atoms with E-state index in [0.29, 0.717) is 29.4 Å². The highest BCUT2D eigenvalue weighted by Gasteiger charge is 2.34. The fraction of sp³-hybridized carbons (Fsp3) is 0.278. The van der Waals surface area contributed by atoms with Crippen molar-refractivity contribution in [1.29, 1.82) is 0 Å². The summed E-state index contributed by atoms with van der Waals surface area (Å²) in [5.41, 5.74) is 3.78. The first-order chi connectivity index (χ1) is 22.0. The van der Waals surface area contributed by atoms with Crippen LogP contribution in [0.2, 0.25) is 5.02 Å². The van der Waals surface area contributed by atoms with Crippen LogP contribution in [0.3, 0.4) is 0 Å². The van der Waals surface area contributed by atoms with E-state index < -0.39 is 28.5 Å². The fourth-order valence-corrected chi connectivity index (χ4v) is 6.56. The molecule has 4 rings (SSSR count). The maximum absolute atomic E-state index is 14.6. The van der Waals surface area contributed by atoms with Gasteiger partial charge in [0.2, 0.25) is 11.8 Å². The summed E-state index contributed by atoms with van der Waals surface area (Å²) in [7, 11) is -2.67. The first kappa shape index (κ1) is 34.5. The number of sulfonamides is 1. The van der Waals surface area contributed by atoms with Gasteiger partial charge in [-0.2, -0.15) is 0 Å². The molecule has 0 unspecified atom stereocenters. The molecule has 0 fully saturated rings. The Bertz CT molecular complexity index is 1750. The third kappa shape index (κ3) is 8.68. The van der Waals surface area contributed by atoms with Crippen molar-refractivity contribution in [3.05, 3.63) is 124 Å². The molecule has 0 saturated carbocycles. The number of nitrogens with one attached hydrogen (secondary N) is 1. The minimum absolute atomic E-state index is 0.0104. The summed E-state index contributed by atoms with van der Waals surface area (Å²) in [6.45, 7) is 5.72. The van der Waals surface area contributed by atoms with Crippen LogP contribution in [0.15, 0.2) is 102 Å². The molecule has 0 aliphatic rings. The van der Waals surface area contributed by atoms with E-state index in [1.165, 1.54) is 29.2 Å². The van der Waals surface area contributed by atoms with Crippen molar-refractivity contribution in [2.45, 2.75) is 51.1 Å². The zero-order valence-corrected chi connectivity index (χ0v) is 28.1. The number of aryl methyl sites for hydroxylation is 2. The Balaban J connectivity index is 1.82. The van der Waals surface area contributed by atoms with Gasteiger partial charge < -0.3 is 15.0 Å². The number of anilines is 1. The number of halogens is 1. The SMILES string of the molecule is CCCNC(=O)[C@H](Cc1ccccc1)N(Cc1cccc(OC)c1)C(=O)CN(c1ccc(C)c(C)c1)S(=O)(=O)c1ccc(Cl)cc1. The number of ether oxygens (including phenoxy) is 1. The molecule has 0 aliphatic heterocycles. The fourth-order valence-electron chi connectivity index (χ4n) is 5.03. The van der Waals surface area contributed by atoms with E-state index in [1.807, 2.05) is 69.3 Å². The van der Waals surface area contributed by atoms with Gasteiger partial charge in [-0.25, -0.2) is 8.42 Å². The lowest BCUT2D eigenvalue weighted by molar-refractivity contribution is -0.140. The Morgan fingerprint density at radius 1 is 0.870 bits per heavy atom. The lowest BCUT2D eigenvalue weighted by atomic mass is 10.0. The molecule has 1 atom stereocenters. The van der Waals surface area contributed by atoms with E-state index >= 15 is 0 Å². The molecule has 242 valence electrons. The third-order valence-corrected chi connectivity index (χ3v) is 9.81. The van der Waals surface area contributed by atoms with Gasteiger partial charge in [-0.3, -0.25) is 13.9 Å². The molecule has 10 heteroatoms. The number of hydrogen-bond donors (Lipinski definition) is 1. The highest BCUT2D eigenvalue weighted by Crippen LogP contribution is 2.28. The summed E-state index contributed by atoms with van der Waals surface area (Å²) < 4.78 is 34.9. The van der Waals surface area contributed by atoms with Gasteiger partial charge >= 0.3 is 0 Å². The number of methoxy groups -OCH3 is 1. The molecule has 0 aliphatic carbocycles. The van der Waals surface area contributed by atoms with Crippen LogP contribution in [0.1, 0.15) is 35.6 Å². The molecule has 4 aromatic carbocycles. The predicted molar refractivity (Wildman–Crippen MR) is 183 cm³/mol. The molecule has 4 aromatic rings. The Morgan fingerprint density at radius 2 is 1.57 bits per heavy atom. The van der Waals surface area contributed by atoms with Crippen LogP contribution < -0.4 is 14.4 Å². The van der Waals surface area contributed by atoms with E-state index in [0.717, 1.165) is 26.6 Å². The smallest absolute Gasteiger partial charge is 0.264 e. The molecule has 0 aromatic heterocycles. The van der Waals surface area contributed by atoms with Crippen molar-refractivity contribution < 1.29 is 22.7 Å². The second-order valence-electron chi connectivity index (χ2n) is 11.1. The van der Waals surface area contributed by atoms with Crippen molar-refractivity contribution in [3.8, 4) is 5.75 Å². The Kier molecular flexibility index (Phi) is 11.8. The number of amides is 2. The quantitative estimate of drug-likeness (QED) is 0.171. The van der Waals surface area contributed by atoms with E-state index in [4.69, 9.17) is 16.3 Å². The average molecular weight is 662 g/mol. The lowest BCUT2D eigenvalue weighted by Gasteiger charge is -2.34. The number of carbonyl (C=O) groups excluding carboxylic acids is 2. The first-order valence-corrected chi connectivity index (χ1v) is 16.9. The largest absolute Gasteiger partial charge is 0.497 e. The summed E-state index contributed by atoms with van der Waals surface area (Å²) in [5.74, 6) is -0.256. The number of carbonyl (C=O) groups is 2. The molecule has 0 radical (unpaired) electrons. The van der Waals surface area contributed by atoms with Crippen LogP contribution in [0.4, 0.5) is 5.69 Å². The van der Waals surface area contributed by atoms with Crippen LogP contribution in [0.25, 0.3) is 0 Å². The van der Waals surface area contributed by atoms with Gasteiger partial charge in [0.1, 0.15) is 18.3 Å². The summed E-state index contributed by atoms with van der Waals surface area (Å²) >= 11 is 6.07. The monoisotopic (exact) mass is 661 g/mol. The molecular formula is C36H40ClN3O5S. The van der Waals surface area contributed by atoms with Crippen molar-refractivity contribution in [2.24, 2.45) is 0 Å². The van der Waals surface area contributed by atoms with Crippen molar-refractivity contribution in [2.75, 3.05) is 24.5 Å². The molecule has 8 nitrogen and oxygen atoms in total. The van der Waals surface area contributed by atoms with Crippen molar-refractivity contribution >= 4 is 39.1 Å². The zero-order chi connectivity index (χ0) is 33.3. The van der Waals surface area contributed by atoms with E-state index in [9.17, 15) is 18.0 Å². The van der Waals surface area contributed by atoms with Gasteiger partial charge in [0.05, 0.1) is 17.7 Å². The standard InChI is InChI=1S/C36H40ClN3O5S/c1-5-20-38-36(42)34(23-28-10-7-6-8-11-28)39(24-29-12-9-13-32(22-29)45-4)35(41)25-40(31-17-14-26(2)27(3)21-31)46(43,44)33-18-15-30(37)16-19-33/h6-19,21-22,34H,5,20,23-25H2,1-4H3,(H,38,42)/t34-/m0/s1. The van der Waals surface area contributed by atoms with Crippen molar-refractivity contribution in [1.82, 2.24) is 10.2 Å². The maximum Gasteiger partial charge on any atom is 0.264 e. The van der Waals surface area contributed by atoms with E-state index in [1.54, 1.807) is 31.4 Å². The summed E-state index contributed by atoms with van der Waals surface area (Å²) in [6.07, 6.45) is 0.952. The Hall–Kier alpha value is -4.34. The Morgan fingerprint density at radius 3 is 2.22 bits per heavy atom. The normalized spacial score (nSPS) is 11.8. The van der Waals surface area contributed by atoms with Crippen LogP contribution >= 0.6 is 11.6 Å². The molecule has 2 amide bonds.